The third-order valence-corrected chi connectivity index (χ3v) is 1.46. The summed E-state index contributed by atoms with van der Waals surface area (Å²) >= 11 is 0. The number of aliphatic hydroxyl groups is 1. The van der Waals surface area contributed by atoms with Crippen molar-refractivity contribution in [2.45, 2.75) is 12.3 Å². The van der Waals surface area contributed by atoms with Crippen molar-refractivity contribution in [1.82, 2.24) is 20.5 Å². The van der Waals surface area contributed by atoms with E-state index in [4.69, 9.17) is 5.11 Å². The summed E-state index contributed by atoms with van der Waals surface area (Å²) in [6.45, 7) is -0.928. The van der Waals surface area contributed by atoms with E-state index < -0.39 is 24.7 Å². The van der Waals surface area contributed by atoms with Crippen LogP contribution in [-0.2, 0) is 0 Å². The van der Waals surface area contributed by atoms with Crippen molar-refractivity contribution < 1.29 is 23.1 Å². The second-order valence-corrected chi connectivity index (χ2v) is 2.60. The number of aromatic amines is 1. The van der Waals surface area contributed by atoms with Gasteiger partial charge in [0.2, 0.25) is 5.82 Å². The predicted molar refractivity (Wildman–Crippen MR) is 40.8 cm³/mol. The lowest BCUT2D eigenvalue weighted by molar-refractivity contribution is -0.201. The van der Waals surface area contributed by atoms with Gasteiger partial charge in [0.15, 0.2) is 6.10 Å². The van der Waals surface area contributed by atoms with Gasteiger partial charge in [-0.05, 0) is 0 Å². The number of halogens is 3. The van der Waals surface area contributed by atoms with Crippen LogP contribution < -0.4 is 5.32 Å². The van der Waals surface area contributed by atoms with Crippen LogP contribution in [0.25, 0.3) is 0 Å². The number of H-pyrrole nitrogens is 1. The molecule has 1 rings (SSSR count). The van der Waals surface area contributed by atoms with Gasteiger partial charge in [0, 0.05) is 0 Å². The van der Waals surface area contributed by atoms with Crippen LogP contribution in [0, 0.1) is 0 Å². The first-order valence-corrected chi connectivity index (χ1v) is 3.79. The minimum Gasteiger partial charge on any atom is -0.382 e. The standard InChI is InChI=1S/C6H7F3N4O2/c7-6(8,9)3(14)1-10-5(15)4-11-2-12-13-4/h2-3,14H,1H2,(H,10,15)(H,11,12,13). The minimum atomic E-state index is -4.76. The van der Waals surface area contributed by atoms with E-state index in [0.29, 0.717) is 0 Å². The molecule has 9 heteroatoms. The van der Waals surface area contributed by atoms with Crippen LogP contribution in [0.15, 0.2) is 6.33 Å². The number of nitrogens with one attached hydrogen (secondary N) is 2. The maximum absolute atomic E-state index is 11.8. The molecule has 1 unspecified atom stereocenters. The number of alkyl halides is 3. The van der Waals surface area contributed by atoms with Crippen LogP contribution in [0.3, 0.4) is 0 Å². The van der Waals surface area contributed by atoms with Crippen LogP contribution in [0.1, 0.15) is 10.6 Å². The molecule has 0 aliphatic rings. The van der Waals surface area contributed by atoms with Gasteiger partial charge in [0.25, 0.3) is 5.91 Å². The zero-order valence-electron chi connectivity index (χ0n) is 7.25. The normalized spacial score (nSPS) is 13.6. The van der Waals surface area contributed by atoms with E-state index in [1.807, 2.05) is 5.32 Å². The number of carbonyl (C=O) groups excluding carboxylic acids is 1. The Hall–Kier alpha value is -1.64. The van der Waals surface area contributed by atoms with Crippen molar-refractivity contribution in [3.8, 4) is 0 Å². The fourth-order valence-corrected chi connectivity index (χ4v) is 0.704. The Bertz CT molecular complexity index is 324. The molecule has 1 aromatic rings. The van der Waals surface area contributed by atoms with Crippen molar-refractivity contribution >= 4 is 5.91 Å². The number of rotatable bonds is 3. The highest BCUT2D eigenvalue weighted by Crippen LogP contribution is 2.19. The van der Waals surface area contributed by atoms with Gasteiger partial charge in [0.05, 0.1) is 6.54 Å². The monoisotopic (exact) mass is 224 g/mol. The SMILES string of the molecule is O=C(NCC(O)C(F)(F)F)c1ncn[nH]1. The van der Waals surface area contributed by atoms with Crippen molar-refractivity contribution in [3.63, 3.8) is 0 Å². The van der Waals surface area contributed by atoms with E-state index in [-0.39, 0.29) is 5.82 Å². The molecule has 0 radical (unpaired) electrons. The number of hydrogen-bond acceptors (Lipinski definition) is 4. The third-order valence-electron chi connectivity index (χ3n) is 1.46. The van der Waals surface area contributed by atoms with Crippen LogP contribution in [-0.4, -0.2) is 45.0 Å². The van der Waals surface area contributed by atoms with E-state index in [0.717, 1.165) is 6.33 Å². The fraction of sp³-hybridized carbons (Fsp3) is 0.500. The Labute approximate surface area is 81.5 Å². The van der Waals surface area contributed by atoms with E-state index in [9.17, 15) is 18.0 Å². The summed E-state index contributed by atoms with van der Waals surface area (Å²) in [5, 5.41) is 15.9. The van der Waals surface area contributed by atoms with Crippen molar-refractivity contribution in [3.05, 3.63) is 12.2 Å². The summed E-state index contributed by atoms with van der Waals surface area (Å²) in [5.41, 5.74) is 0. The van der Waals surface area contributed by atoms with Gasteiger partial charge in [-0.2, -0.15) is 18.3 Å². The summed E-state index contributed by atoms with van der Waals surface area (Å²) in [4.78, 5) is 14.4. The molecule has 0 saturated heterocycles. The van der Waals surface area contributed by atoms with E-state index >= 15 is 0 Å². The minimum absolute atomic E-state index is 0.218. The second kappa shape index (κ2) is 4.26. The lowest BCUT2D eigenvalue weighted by Crippen LogP contribution is -2.40. The summed E-state index contributed by atoms with van der Waals surface area (Å²) in [5.74, 6) is -1.08. The average Bonchev–Trinajstić information content (AvgIpc) is 2.64. The van der Waals surface area contributed by atoms with Gasteiger partial charge < -0.3 is 10.4 Å². The lowest BCUT2D eigenvalue weighted by atomic mass is 10.3. The average molecular weight is 224 g/mol. The highest BCUT2D eigenvalue weighted by Gasteiger charge is 2.38. The van der Waals surface area contributed by atoms with Gasteiger partial charge in [-0.25, -0.2) is 4.98 Å². The molecule has 0 fully saturated rings. The zero-order valence-corrected chi connectivity index (χ0v) is 7.25. The van der Waals surface area contributed by atoms with Gasteiger partial charge in [-0.3, -0.25) is 9.89 Å². The highest BCUT2D eigenvalue weighted by atomic mass is 19.4. The maximum Gasteiger partial charge on any atom is 0.416 e. The molecule has 1 atom stereocenters. The van der Waals surface area contributed by atoms with Crippen molar-refractivity contribution in [2.24, 2.45) is 0 Å². The Balaban J connectivity index is 2.42. The molecule has 6 nitrogen and oxygen atoms in total. The molecule has 15 heavy (non-hydrogen) atoms. The van der Waals surface area contributed by atoms with Crippen LogP contribution in [0.2, 0.25) is 0 Å². The van der Waals surface area contributed by atoms with E-state index in [1.54, 1.807) is 0 Å². The number of hydrogen-bond donors (Lipinski definition) is 3. The molecule has 1 aromatic heterocycles. The molecular weight excluding hydrogens is 217 g/mol. The number of amides is 1. The lowest BCUT2D eigenvalue weighted by Gasteiger charge is -2.14. The Morgan fingerprint density at radius 2 is 2.33 bits per heavy atom. The van der Waals surface area contributed by atoms with Crippen molar-refractivity contribution in [2.75, 3.05) is 6.54 Å². The van der Waals surface area contributed by atoms with Crippen LogP contribution in [0.5, 0.6) is 0 Å². The van der Waals surface area contributed by atoms with Crippen LogP contribution in [0.4, 0.5) is 13.2 Å². The molecule has 1 heterocycles. The van der Waals surface area contributed by atoms with Crippen LogP contribution >= 0.6 is 0 Å². The van der Waals surface area contributed by atoms with E-state index in [2.05, 4.69) is 15.2 Å². The first-order valence-electron chi connectivity index (χ1n) is 3.79. The molecule has 1 amide bonds. The number of nitrogens with zero attached hydrogens (tertiary/aromatic N) is 2. The van der Waals surface area contributed by atoms with Gasteiger partial charge >= 0.3 is 6.18 Å². The number of carbonyl (C=O) groups is 1. The molecule has 84 valence electrons. The van der Waals surface area contributed by atoms with Crippen molar-refractivity contribution in [1.29, 1.82) is 0 Å². The predicted octanol–water partition coefficient (Wildman–Crippen LogP) is -0.542. The molecule has 3 N–H and O–H groups in total. The Morgan fingerprint density at radius 3 is 2.80 bits per heavy atom. The Kier molecular flexibility index (Phi) is 3.24. The van der Waals surface area contributed by atoms with Gasteiger partial charge in [-0.15, -0.1) is 0 Å². The number of aliphatic hydroxyl groups excluding tert-OH is 1. The quantitative estimate of drug-likeness (QED) is 0.642. The third kappa shape index (κ3) is 3.20. The summed E-state index contributed by atoms with van der Waals surface area (Å²) < 4.78 is 35.4. The smallest absolute Gasteiger partial charge is 0.382 e. The first-order chi connectivity index (χ1) is 6.91. The molecule has 0 bridgehead atoms. The molecule has 0 saturated carbocycles. The number of aromatic nitrogens is 3. The molecule has 0 aliphatic carbocycles. The topological polar surface area (TPSA) is 90.9 Å². The Morgan fingerprint density at radius 1 is 1.67 bits per heavy atom. The maximum atomic E-state index is 11.8. The largest absolute Gasteiger partial charge is 0.416 e. The fourth-order valence-electron chi connectivity index (χ4n) is 0.704. The molecular formula is C6H7F3N4O2. The van der Waals surface area contributed by atoms with Gasteiger partial charge in [0.1, 0.15) is 6.33 Å². The molecule has 0 aliphatic heterocycles. The molecule has 0 spiro atoms. The summed E-state index contributed by atoms with van der Waals surface area (Å²) in [6.07, 6.45) is -6.31. The second-order valence-electron chi connectivity index (χ2n) is 2.60. The van der Waals surface area contributed by atoms with E-state index in [1.165, 1.54) is 0 Å². The molecule has 0 aromatic carbocycles. The zero-order chi connectivity index (χ0) is 11.5. The first kappa shape index (κ1) is 11.4. The van der Waals surface area contributed by atoms with Gasteiger partial charge in [-0.1, -0.05) is 0 Å². The summed E-state index contributed by atoms with van der Waals surface area (Å²) in [6, 6.07) is 0. The summed E-state index contributed by atoms with van der Waals surface area (Å²) in [7, 11) is 0. The highest BCUT2D eigenvalue weighted by molar-refractivity contribution is 5.90.